The molecule has 0 aromatic carbocycles. The van der Waals surface area contributed by atoms with Crippen molar-refractivity contribution < 1.29 is 40.2 Å². The van der Waals surface area contributed by atoms with Crippen LogP contribution < -0.4 is 24.6 Å². The maximum Gasteiger partial charge on any atom is 0.187 e. The van der Waals surface area contributed by atoms with E-state index in [1.165, 1.54) is 0 Å². The maximum absolute atomic E-state index is 0. The molecule has 0 aliphatic heterocycles. The van der Waals surface area contributed by atoms with Gasteiger partial charge in [0.05, 0.1) is 0 Å². The van der Waals surface area contributed by atoms with Crippen LogP contribution in [-0.4, -0.2) is 40.2 Å². The van der Waals surface area contributed by atoms with Gasteiger partial charge >= 0.3 is 0 Å². The Labute approximate surface area is 98.9 Å². The van der Waals surface area contributed by atoms with Crippen molar-refractivity contribution in [3.8, 4) is 0 Å². The molecule has 64 valence electrons. The van der Waals surface area contributed by atoms with Gasteiger partial charge in [0.15, 0.2) is 34.7 Å². The predicted molar refractivity (Wildman–Crippen MR) is 43.6 cm³/mol. The summed E-state index contributed by atoms with van der Waals surface area (Å²) in [5.74, 6) is 0. The molecule has 0 unspecified atom stereocenters. The van der Waals surface area contributed by atoms with E-state index < -0.39 is 0 Å². The SMILES string of the molecule is N.N.N.N.O.[AlH3].[AlH3].[Cr].[Cr]. The summed E-state index contributed by atoms with van der Waals surface area (Å²) in [6.45, 7) is 0. The van der Waals surface area contributed by atoms with Crippen molar-refractivity contribution in [3.05, 3.63) is 0 Å². The van der Waals surface area contributed by atoms with Gasteiger partial charge in [0.25, 0.3) is 0 Å². The van der Waals surface area contributed by atoms with Gasteiger partial charge in [-0.25, -0.2) is 0 Å². The quantitative estimate of drug-likeness (QED) is 0.347. The van der Waals surface area contributed by atoms with Gasteiger partial charge < -0.3 is 30.1 Å². The molecule has 0 saturated heterocycles. The fourth-order valence-electron chi connectivity index (χ4n) is 0. The number of hydrogen-bond donors (Lipinski definition) is 4. The summed E-state index contributed by atoms with van der Waals surface area (Å²) in [7, 11) is 0. The molecule has 0 spiro atoms. The van der Waals surface area contributed by atoms with Crippen molar-refractivity contribution in [1.82, 2.24) is 24.6 Å². The first kappa shape index (κ1) is 289. The molecule has 0 rings (SSSR count). The molecule has 5 nitrogen and oxygen atoms in total. The largest absolute Gasteiger partial charge is 0.412 e. The van der Waals surface area contributed by atoms with Crippen LogP contribution in [0.3, 0.4) is 0 Å². The minimum Gasteiger partial charge on any atom is -0.412 e. The van der Waals surface area contributed by atoms with Gasteiger partial charge in [0.1, 0.15) is 0 Å². The van der Waals surface area contributed by atoms with E-state index in [1.54, 1.807) is 0 Å². The van der Waals surface area contributed by atoms with Crippen LogP contribution in [0, 0.1) is 0 Å². The molecule has 0 aromatic heterocycles. The summed E-state index contributed by atoms with van der Waals surface area (Å²) in [4.78, 5) is 0. The molecule has 0 fully saturated rings. The fraction of sp³-hybridized carbons (Fsp3) is 0. The summed E-state index contributed by atoms with van der Waals surface area (Å²) in [5, 5.41) is 0. The van der Waals surface area contributed by atoms with Gasteiger partial charge in [-0.2, -0.15) is 0 Å². The van der Waals surface area contributed by atoms with Crippen molar-refractivity contribution in [3.63, 3.8) is 0 Å². The van der Waals surface area contributed by atoms with E-state index in [9.17, 15) is 0 Å². The van der Waals surface area contributed by atoms with E-state index in [-0.39, 0.29) is 99.5 Å². The first-order valence-electron chi connectivity index (χ1n) is 0. The standard InChI is InChI=1S/2Al.2Cr.4H3N.H2O.6H/h;;;;4*1H3;1H2;;;;;;. The Hall–Kier alpha value is 1.93. The molecule has 0 amide bonds. The first-order chi connectivity index (χ1) is 0. The average Bonchev–Trinajstić information content (AvgIpc) is 0. The fourth-order valence-corrected chi connectivity index (χ4v) is 0. The van der Waals surface area contributed by atoms with Crippen LogP contribution in [0.5, 0.6) is 0 Å². The summed E-state index contributed by atoms with van der Waals surface area (Å²) in [6, 6.07) is 0. The molecule has 0 saturated carbocycles. The van der Waals surface area contributed by atoms with E-state index in [4.69, 9.17) is 0 Å². The molecule has 0 aliphatic carbocycles. The second-order valence-electron chi connectivity index (χ2n) is 0. The van der Waals surface area contributed by atoms with E-state index >= 15 is 0 Å². The van der Waals surface area contributed by atoms with Gasteiger partial charge in [0, 0.05) is 34.7 Å². The van der Waals surface area contributed by atoms with Gasteiger partial charge in [0.2, 0.25) is 0 Å². The minimum atomic E-state index is 0. The van der Waals surface area contributed by atoms with E-state index in [1.807, 2.05) is 0 Å². The molecular weight excluding hydrogens is 230 g/mol. The zero-order valence-corrected chi connectivity index (χ0v) is 6.69. The third-order valence-electron chi connectivity index (χ3n) is 0. The Balaban J connectivity index is 0. The monoisotopic (exact) mass is 250 g/mol. The molecular formula is H20Al2Cr2N4O. The number of hydrogen-bond acceptors (Lipinski definition) is 4. The predicted octanol–water partition coefficient (Wildman–Crippen LogP) is -2.55. The molecule has 0 atom stereocenters. The van der Waals surface area contributed by atoms with Crippen molar-refractivity contribution in [1.29, 1.82) is 0 Å². The summed E-state index contributed by atoms with van der Waals surface area (Å²) in [6.07, 6.45) is 0. The summed E-state index contributed by atoms with van der Waals surface area (Å²) in [5.41, 5.74) is 0. The molecule has 0 radical (unpaired) electrons. The van der Waals surface area contributed by atoms with Crippen molar-refractivity contribution in [2.45, 2.75) is 0 Å². The second-order valence-corrected chi connectivity index (χ2v) is 0. The zero-order valence-electron chi connectivity index (χ0n) is 4.14. The van der Waals surface area contributed by atoms with Gasteiger partial charge in [-0.15, -0.1) is 0 Å². The molecule has 0 bridgehead atoms. The normalized spacial score (nSPS) is 0. The molecule has 14 N–H and O–H groups in total. The van der Waals surface area contributed by atoms with E-state index in [2.05, 4.69) is 0 Å². The summed E-state index contributed by atoms with van der Waals surface area (Å²) >= 11 is 0. The van der Waals surface area contributed by atoms with E-state index in [0.29, 0.717) is 0 Å². The van der Waals surface area contributed by atoms with Gasteiger partial charge in [-0.1, -0.05) is 0 Å². The molecule has 0 aromatic rings. The van der Waals surface area contributed by atoms with Crippen LogP contribution in [0.2, 0.25) is 0 Å². The Morgan fingerprint density at radius 2 is 0.444 bits per heavy atom. The van der Waals surface area contributed by atoms with Crippen molar-refractivity contribution >= 4 is 34.7 Å². The second kappa shape index (κ2) is 213. The Morgan fingerprint density at radius 1 is 0.444 bits per heavy atom. The molecule has 0 aliphatic rings. The van der Waals surface area contributed by atoms with E-state index in [0.717, 1.165) is 0 Å². The van der Waals surface area contributed by atoms with Crippen LogP contribution in [-0.2, 0) is 34.7 Å². The van der Waals surface area contributed by atoms with Crippen molar-refractivity contribution in [2.24, 2.45) is 0 Å². The number of rotatable bonds is 0. The Kier molecular flexibility index (Phi) is 6840. The molecule has 9 heteroatoms. The topological polar surface area (TPSA) is 172 Å². The van der Waals surface area contributed by atoms with Gasteiger partial charge in [-0.3, -0.25) is 0 Å². The van der Waals surface area contributed by atoms with Crippen LogP contribution >= 0.6 is 0 Å². The Bertz CT molecular complexity index is 16.5. The summed E-state index contributed by atoms with van der Waals surface area (Å²) < 4.78 is 0. The van der Waals surface area contributed by atoms with Crippen LogP contribution in [0.1, 0.15) is 0 Å². The van der Waals surface area contributed by atoms with Gasteiger partial charge in [-0.05, 0) is 0 Å². The zero-order chi connectivity index (χ0) is 0. The van der Waals surface area contributed by atoms with Crippen LogP contribution in [0.15, 0.2) is 0 Å². The van der Waals surface area contributed by atoms with Crippen LogP contribution in [0.25, 0.3) is 0 Å². The average molecular weight is 250 g/mol. The first-order valence-corrected chi connectivity index (χ1v) is 0. The molecule has 9 heavy (non-hydrogen) atoms. The van der Waals surface area contributed by atoms with Crippen LogP contribution in [0.4, 0.5) is 0 Å². The maximum atomic E-state index is 0. The third-order valence-corrected chi connectivity index (χ3v) is 0. The third kappa shape index (κ3) is 168. The minimum absolute atomic E-state index is 0. The van der Waals surface area contributed by atoms with Crippen molar-refractivity contribution in [2.75, 3.05) is 0 Å². The molecule has 0 heterocycles. The smallest absolute Gasteiger partial charge is 0.187 e. The Morgan fingerprint density at radius 3 is 0.444 bits per heavy atom.